The van der Waals surface area contributed by atoms with Crippen LogP contribution in [0.3, 0.4) is 0 Å². The molecule has 0 saturated carbocycles. The number of carbonyl (C=O) groups is 2. The largest absolute Gasteiger partial charge is 0.463 e. The van der Waals surface area contributed by atoms with Gasteiger partial charge in [-0.3, -0.25) is 9.59 Å². The number of furan rings is 1. The summed E-state index contributed by atoms with van der Waals surface area (Å²) in [7, 11) is 0. The van der Waals surface area contributed by atoms with E-state index in [4.69, 9.17) is 4.42 Å². The summed E-state index contributed by atoms with van der Waals surface area (Å²) in [6, 6.07) is 8.60. The van der Waals surface area contributed by atoms with Crippen molar-refractivity contribution in [3.8, 4) is 0 Å². The van der Waals surface area contributed by atoms with E-state index in [1.54, 1.807) is 19.1 Å². The molecule has 0 aliphatic rings. The van der Waals surface area contributed by atoms with Gasteiger partial charge < -0.3 is 9.73 Å². The predicted octanol–water partition coefficient (Wildman–Crippen LogP) is 1.69. The SMILES string of the molecule is C/C(=N/NC(=O)CNC(=O)c1cccc(F)c1)c1ccco1. The van der Waals surface area contributed by atoms with Gasteiger partial charge in [0.05, 0.1) is 12.8 Å². The third-order valence-electron chi connectivity index (χ3n) is 2.72. The first kappa shape index (κ1) is 15.4. The van der Waals surface area contributed by atoms with Crippen molar-refractivity contribution in [3.63, 3.8) is 0 Å². The minimum Gasteiger partial charge on any atom is -0.463 e. The zero-order valence-corrected chi connectivity index (χ0v) is 11.8. The maximum absolute atomic E-state index is 13.0. The Morgan fingerprint density at radius 2 is 2.09 bits per heavy atom. The standard InChI is InChI=1S/C15H14FN3O3/c1-10(13-6-3-7-22-13)18-19-14(20)9-17-15(21)11-4-2-5-12(16)8-11/h2-8H,9H2,1H3,(H,17,21)(H,19,20)/b18-10-. The molecule has 0 radical (unpaired) electrons. The average Bonchev–Trinajstić information content (AvgIpc) is 3.04. The summed E-state index contributed by atoms with van der Waals surface area (Å²) in [5.41, 5.74) is 2.93. The van der Waals surface area contributed by atoms with Crippen molar-refractivity contribution in [1.82, 2.24) is 10.7 Å². The van der Waals surface area contributed by atoms with Gasteiger partial charge in [-0.1, -0.05) is 6.07 Å². The van der Waals surface area contributed by atoms with E-state index >= 15 is 0 Å². The quantitative estimate of drug-likeness (QED) is 0.651. The minimum atomic E-state index is -0.540. The summed E-state index contributed by atoms with van der Waals surface area (Å²) in [5.74, 6) is -1.03. The Balaban J connectivity index is 1.83. The Morgan fingerprint density at radius 3 is 2.77 bits per heavy atom. The van der Waals surface area contributed by atoms with E-state index in [9.17, 15) is 14.0 Å². The van der Waals surface area contributed by atoms with Crippen molar-refractivity contribution in [3.05, 3.63) is 59.8 Å². The Bertz CT molecular complexity index is 696. The normalized spacial score (nSPS) is 11.1. The highest BCUT2D eigenvalue weighted by atomic mass is 19.1. The third-order valence-corrected chi connectivity index (χ3v) is 2.72. The summed E-state index contributed by atoms with van der Waals surface area (Å²) in [6.45, 7) is 1.40. The molecule has 22 heavy (non-hydrogen) atoms. The number of hydrogen-bond acceptors (Lipinski definition) is 4. The lowest BCUT2D eigenvalue weighted by molar-refractivity contribution is -0.120. The predicted molar refractivity (Wildman–Crippen MR) is 77.8 cm³/mol. The molecule has 1 aromatic heterocycles. The van der Waals surface area contributed by atoms with E-state index in [0.29, 0.717) is 11.5 Å². The Morgan fingerprint density at radius 1 is 1.27 bits per heavy atom. The van der Waals surface area contributed by atoms with Crippen LogP contribution in [0.1, 0.15) is 23.0 Å². The summed E-state index contributed by atoms with van der Waals surface area (Å²) < 4.78 is 18.1. The molecule has 7 heteroatoms. The second kappa shape index (κ2) is 7.16. The molecule has 1 aromatic carbocycles. The van der Waals surface area contributed by atoms with E-state index in [-0.39, 0.29) is 12.1 Å². The van der Waals surface area contributed by atoms with Gasteiger partial charge >= 0.3 is 0 Å². The second-order valence-electron chi connectivity index (χ2n) is 4.40. The molecule has 0 aliphatic heterocycles. The highest BCUT2D eigenvalue weighted by molar-refractivity contribution is 5.98. The van der Waals surface area contributed by atoms with E-state index in [1.807, 2.05) is 0 Å². The highest BCUT2D eigenvalue weighted by Crippen LogP contribution is 2.03. The summed E-state index contributed by atoms with van der Waals surface area (Å²) in [4.78, 5) is 23.3. The molecule has 2 aromatic rings. The van der Waals surface area contributed by atoms with E-state index in [1.165, 1.54) is 24.5 Å². The van der Waals surface area contributed by atoms with Gasteiger partial charge in [-0.2, -0.15) is 5.10 Å². The summed E-state index contributed by atoms with van der Waals surface area (Å²) in [5, 5.41) is 6.22. The smallest absolute Gasteiger partial charge is 0.259 e. The molecule has 0 atom stereocenters. The Labute approximate surface area is 126 Å². The lowest BCUT2D eigenvalue weighted by Crippen LogP contribution is -2.35. The fourth-order valence-corrected chi connectivity index (χ4v) is 1.62. The van der Waals surface area contributed by atoms with Gasteiger partial charge in [0.2, 0.25) is 0 Å². The number of carbonyl (C=O) groups excluding carboxylic acids is 2. The van der Waals surface area contributed by atoms with Gasteiger partial charge in [0, 0.05) is 5.56 Å². The molecule has 0 spiro atoms. The Kier molecular flexibility index (Phi) is 5.02. The molecule has 6 nitrogen and oxygen atoms in total. The molecule has 0 saturated heterocycles. The van der Waals surface area contributed by atoms with Crippen LogP contribution >= 0.6 is 0 Å². The molecule has 0 bridgehead atoms. The van der Waals surface area contributed by atoms with E-state index < -0.39 is 17.6 Å². The van der Waals surface area contributed by atoms with Crippen molar-refractivity contribution in [2.45, 2.75) is 6.92 Å². The van der Waals surface area contributed by atoms with Crippen LogP contribution in [-0.2, 0) is 4.79 Å². The number of hydrazone groups is 1. The number of benzene rings is 1. The number of nitrogens with one attached hydrogen (secondary N) is 2. The first-order valence-electron chi connectivity index (χ1n) is 6.47. The van der Waals surface area contributed by atoms with Crippen LogP contribution < -0.4 is 10.7 Å². The van der Waals surface area contributed by atoms with Crippen LogP contribution in [0.5, 0.6) is 0 Å². The van der Waals surface area contributed by atoms with Crippen LogP contribution in [-0.4, -0.2) is 24.1 Å². The zero-order chi connectivity index (χ0) is 15.9. The topological polar surface area (TPSA) is 83.7 Å². The van der Waals surface area contributed by atoms with Crippen LogP contribution in [0.15, 0.2) is 52.2 Å². The molecule has 0 unspecified atom stereocenters. The maximum Gasteiger partial charge on any atom is 0.259 e. The van der Waals surface area contributed by atoms with E-state index in [0.717, 1.165) is 6.07 Å². The van der Waals surface area contributed by atoms with E-state index in [2.05, 4.69) is 15.8 Å². The van der Waals surface area contributed by atoms with Crippen molar-refractivity contribution in [2.75, 3.05) is 6.54 Å². The van der Waals surface area contributed by atoms with Gasteiger partial charge in [-0.05, 0) is 37.3 Å². The molecular formula is C15H14FN3O3. The lowest BCUT2D eigenvalue weighted by Gasteiger charge is -2.04. The average molecular weight is 303 g/mol. The Hall–Kier alpha value is -2.96. The number of rotatable bonds is 5. The van der Waals surface area contributed by atoms with Crippen molar-refractivity contribution >= 4 is 17.5 Å². The van der Waals surface area contributed by atoms with Crippen LogP contribution in [0.25, 0.3) is 0 Å². The lowest BCUT2D eigenvalue weighted by atomic mass is 10.2. The van der Waals surface area contributed by atoms with Gasteiger partial charge in [0.25, 0.3) is 11.8 Å². The minimum absolute atomic E-state index is 0.142. The second-order valence-corrected chi connectivity index (χ2v) is 4.40. The van der Waals surface area contributed by atoms with Crippen LogP contribution in [0, 0.1) is 5.82 Å². The van der Waals surface area contributed by atoms with Gasteiger partial charge in [-0.15, -0.1) is 0 Å². The van der Waals surface area contributed by atoms with Crippen molar-refractivity contribution in [2.24, 2.45) is 5.10 Å². The first-order valence-corrected chi connectivity index (χ1v) is 6.47. The van der Waals surface area contributed by atoms with Crippen molar-refractivity contribution < 1.29 is 18.4 Å². The number of hydrogen-bond donors (Lipinski definition) is 2. The molecule has 1 heterocycles. The van der Waals surface area contributed by atoms with Crippen LogP contribution in [0.2, 0.25) is 0 Å². The molecule has 0 fully saturated rings. The molecule has 2 rings (SSSR count). The third kappa shape index (κ3) is 4.27. The molecule has 0 aliphatic carbocycles. The number of amides is 2. The monoisotopic (exact) mass is 303 g/mol. The summed E-state index contributed by atoms with van der Waals surface area (Å²) >= 11 is 0. The van der Waals surface area contributed by atoms with Gasteiger partial charge in [-0.25, -0.2) is 9.82 Å². The van der Waals surface area contributed by atoms with Crippen molar-refractivity contribution in [1.29, 1.82) is 0 Å². The molecular weight excluding hydrogens is 289 g/mol. The number of halogens is 1. The molecule has 2 amide bonds. The van der Waals surface area contributed by atoms with Crippen LogP contribution in [0.4, 0.5) is 4.39 Å². The molecule has 2 N–H and O–H groups in total. The number of nitrogens with zero attached hydrogens (tertiary/aromatic N) is 1. The fraction of sp³-hybridized carbons (Fsp3) is 0.133. The van der Waals surface area contributed by atoms with Gasteiger partial charge in [0.1, 0.15) is 17.3 Å². The fourth-order valence-electron chi connectivity index (χ4n) is 1.62. The first-order chi connectivity index (χ1) is 10.6. The summed E-state index contributed by atoms with van der Waals surface area (Å²) in [6.07, 6.45) is 1.50. The highest BCUT2D eigenvalue weighted by Gasteiger charge is 2.08. The zero-order valence-electron chi connectivity index (χ0n) is 11.8. The molecule has 114 valence electrons. The maximum atomic E-state index is 13.0. The van der Waals surface area contributed by atoms with Gasteiger partial charge in [0.15, 0.2) is 0 Å².